The summed E-state index contributed by atoms with van der Waals surface area (Å²) in [5.74, 6) is 0.472. The van der Waals surface area contributed by atoms with E-state index in [-0.39, 0.29) is 24.8 Å². The molecule has 2 bridgehead atoms. The maximum absolute atomic E-state index is 2.63. The summed E-state index contributed by atoms with van der Waals surface area (Å²) in [6, 6.07) is 20.4. The fourth-order valence-electron chi connectivity index (χ4n) is 7.90. The maximum Gasteiger partial charge on any atom is -1.00 e. The van der Waals surface area contributed by atoms with Gasteiger partial charge in [-0.1, -0.05) is 30.3 Å². The van der Waals surface area contributed by atoms with Crippen LogP contribution in [0.1, 0.15) is 36.8 Å². The SMILES string of the molecule is CC1=C2C3=c4c(cc(=C5C(C(C)C)=Cc6c5sc5cccc(-c7ccccc7)c65)c(c4C)[Si]2(C)C)SC3[C]1=[Zr+2].[Cl-].[Cl-]. The van der Waals surface area contributed by atoms with Crippen LogP contribution in [0.2, 0.25) is 13.1 Å². The minimum absolute atomic E-state index is 0. The van der Waals surface area contributed by atoms with Gasteiger partial charge in [0.1, 0.15) is 0 Å². The molecule has 0 amide bonds. The molecule has 2 aliphatic carbocycles. The van der Waals surface area contributed by atoms with Crippen LogP contribution in [0.3, 0.4) is 0 Å². The first-order valence-corrected chi connectivity index (χ1v) is 19.9. The first kappa shape index (κ1) is 29.8. The van der Waals surface area contributed by atoms with Gasteiger partial charge in [0, 0.05) is 0 Å². The maximum atomic E-state index is 2.63. The topological polar surface area (TPSA) is 0 Å². The second kappa shape index (κ2) is 10.1. The summed E-state index contributed by atoms with van der Waals surface area (Å²) in [6.07, 6.45) is 2.55. The van der Waals surface area contributed by atoms with E-state index in [0.717, 1.165) is 0 Å². The van der Waals surface area contributed by atoms with E-state index in [9.17, 15) is 0 Å². The van der Waals surface area contributed by atoms with E-state index in [0.29, 0.717) is 11.2 Å². The number of benzene rings is 3. The summed E-state index contributed by atoms with van der Waals surface area (Å²) in [4.78, 5) is 3.01. The van der Waals surface area contributed by atoms with Crippen molar-refractivity contribution >= 4 is 66.9 Å². The number of rotatable bonds is 2. The van der Waals surface area contributed by atoms with Crippen LogP contribution in [0, 0.1) is 12.8 Å². The van der Waals surface area contributed by atoms with Crippen molar-refractivity contribution in [1.82, 2.24) is 0 Å². The number of halogens is 2. The summed E-state index contributed by atoms with van der Waals surface area (Å²) in [5.41, 5.74) is 12.1. The molecule has 0 N–H and O–H groups in total. The molecule has 41 heavy (non-hydrogen) atoms. The number of thiophene rings is 1. The zero-order valence-electron chi connectivity index (χ0n) is 24.0. The van der Waals surface area contributed by atoms with Gasteiger partial charge in [-0.05, 0) is 0 Å². The van der Waals surface area contributed by atoms with Gasteiger partial charge < -0.3 is 24.8 Å². The number of fused-ring (bicyclic) bond motifs is 4. The van der Waals surface area contributed by atoms with Crippen LogP contribution in [0.25, 0.3) is 38.4 Å². The zero-order valence-corrected chi connectivity index (χ0v) is 30.6. The number of hydrogen-bond acceptors (Lipinski definition) is 2. The van der Waals surface area contributed by atoms with Gasteiger partial charge >= 0.3 is 226 Å². The van der Waals surface area contributed by atoms with E-state index in [4.69, 9.17) is 0 Å². The molecule has 3 heterocycles. The fraction of sp³-hybridized carbons (Fsp3) is 0.229. The molecule has 1 aromatic heterocycles. The average molecular weight is 705 g/mol. The Morgan fingerprint density at radius 1 is 0.951 bits per heavy atom. The van der Waals surface area contributed by atoms with Gasteiger partial charge in [0.2, 0.25) is 0 Å². The van der Waals surface area contributed by atoms with Gasteiger partial charge in [-0.25, -0.2) is 0 Å². The molecule has 4 aliphatic rings. The van der Waals surface area contributed by atoms with Crippen molar-refractivity contribution in [3.05, 3.63) is 97.4 Å². The summed E-state index contributed by atoms with van der Waals surface area (Å²) in [6.45, 7) is 14.9. The average Bonchev–Trinajstić information content (AvgIpc) is 3.62. The third-order valence-electron chi connectivity index (χ3n) is 9.42. The Bertz CT molecular complexity index is 2030. The van der Waals surface area contributed by atoms with Crippen molar-refractivity contribution in [2.45, 2.75) is 50.9 Å². The van der Waals surface area contributed by atoms with Crippen LogP contribution in [0.5, 0.6) is 0 Å². The van der Waals surface area contributed by atoms with Crippen molar-refractivity contribution in [2.75, 3.05) is 0 Å². The molecule has 0 radical (unpaired) electrons. The summed E-state index contributed by atoms with van der Waals surface area (Å²) in [5, 5.41) is 8.60. The standard InChI is InChI=1S/C35H30S2Si.2ClH.Zr/c1-18(2)23-16-24-30-22(21-11-8-7-9-12-21)13-10-14-26(30)37-33(24)31(23)25-17-28-29-20(4)35(25)38(5,6)34-19(3)15-27(36-28)32(29)34;;;/h7-14,16-18,27H,1-6H3;2*1H;/q;;;+2/p-2. The number of thioether (sulfide) groups is 1. The fourth-order valence-corrected chi connectivity index (χ4v) is 16.4. The monoisotopic (exact) mass is 702 g/mol. The molecule has 8 rings (SSSR count). The van der Waals surface area contributed by atoms with E-state index < -0.39 is 8.07 Å². The van der Waals surface area contributed by atoms with Crippen LogP contribution >= 0.6 is 23.1 Å². The molecule has 1 atom stereocenters. The Balaban J connectivity index is 0.00000151. The van der Waals surface area contributed by atoms with Crippen molar-refractivity contribution in [3.8, 4) is 11.1 Å². The van der Waals surface area contributed by atoms with Gasteiger partial charge in [-0.3, -0.25) is 0 Å². The molecule has 4 aromatic rings. The minimum Gasteiger partial charge on any atom is -1.00 e. The Morgan fingerprint density at radius 3 is 2.39 bits per heavy atom. The Kier molecular flexibility index (Phi) is 7.37. The third kappa shape index (κ3) is 3.84. The van der Waals surface area contributed by atoms with Crippen molar-refractivity contribution in [1.29, 1.82) is 0 Å². The molecule has 1 unspecified atom stereocenters. The Hall–Kier alpha value is -1.26. The first-order chi connectivity index (χ1) is 18.7. The smallest absolute Gasteiger partial charge is 1.00 e. The van der Waals surface area contributed by atoms with E-state index in [1.165, 1.54) is 47.7 Å². The Morgan fingerprint density at radius 2 is 1.68 bits per heavy atom. The largest absolute Gasteiger partial charge is 1.00 e. The van der Waals surface area contributed by atoms with Gasteiger partial charge in [0.15, 0.2) is 0 Å². The quantitative estimate of drug-likeness (QED) is 0.284. The van der Waals surface area contributed by atoms with Gasteiger partial charge in [0.05, 0.1) is 0 Å². The van der Waals surface area contributed by atoms with E-state index in [1.807, 2.05) is 11.3 Å². The van der Waals surface area contributed by atoms with Gasteiger partial charge in [-0.15, -0.1) is 0 Å². The minimum atomic E-state index is -1.89. The molecule has 2 aliphatic heterocycles. The van der Waals surface area contributed by atoms with E-state index in [2.05, 4.69) is 113 Å². The molecule has 0 spiro atoms. The van der Waals surface area contributed by atoms with Crippen molar-refractivity contribution < 1.29 is 49.0 Å². The predicted octanol–water partition coefficient (Wildman–Crippen LogP) is 1.28. The van der Waals surface area contributed by atoms with Crippen LogP contribution in [0.4, 0.5) is 0 Å². The van der Waals surface area contributed by atoms with Crippen LogP contribution in [-0.2, 0) is 24.2 Å². The van der Waals surface area contributed by atoms with Crippen molar-refractivity contribution in [3.63, 3.8) is 0 Å². The molecular formula is C35H30Cl2S2SiZr. The van der Waals surface area contributed by atoms with Crippen LogP contribution in [0.15, 0.2) is 75.8 Å². The zero-order chi connectivity index (χ0) is 27.0. The summed E-state index contributed by atoms with van der Waals surface area (Å²) in [7, 11) is -1.89. The molecule has 3 aromatic carbocycles. The van der Waals surface area contributed by atoms with Gasteiger partial charge in [-0.2, -0.15) is 0 Å². The molecule has 0 saturated heterocycles. The number of hydrogen-bond donors (Lipinski definition) is 0. The van der Waals surface area contributed by atoms with Crippen LogP contribution < -0.4 is 40.4 Å². The van der Waals surface area contributed by atoms with E-state index in [1.54, 1.807) is 65.0 Å². The van der Waals surface area contributed by atoms with Crippen molar-refractivity contribution in [2.24, 2.45) is 5.92 Å². The van der Waals surface area contributed by atoms with Crippen LogP contribution in [-0.4, -0.2) is 16.5 Å². The van der Waals surface area contributed by atoms with E-state index >= 15 is 0 Å². The van der Waals surface area contributed by atoms with Gasteiger partial charge in [0.25, 0.3) is 0 Å². The third-order valence-corrected chi connectivity index (χ3v) is 17.8. The molecule has 0 fully saturated rings. The Labute approximate surface area is 278 Å². The predicted molar refractivity (Wildman–Crippen MR) is 171 cm³/mol. The normalized spacial score (nSPS) is 20.5. The first-order valence-electron chi connectivity index (χ1n) is 13.9. The second-order valence-corrected chi connectivity index (χ2v) is 20.0. The molecule has 0 saturated carbocycles. The summed E-state index contributed by atoms with van der Waals surface area (Å²) < 4.78 is 3.09. The molecule has 204 valence electrons. The summed E-state index contributed by atoms with van der Waals surface area (Å²) >= 11 is 5.74. The molecule has 6 heteroatoms. The number of allylic oxidation sites excluding steroid dienone is 3. The molecular weight excluding hydrogens is 675 g/mol. The second-order valence-electron chi connectivity index (χ2n) is 12.3. The molecule has 0 nitrogen and oxygen atoms in total.